The zero-order valence-electron chi connectivity index (χ0n) is 11.6. The first-order valence-electron chi connectivity index (χ1n) is 6.15. The van der Waals surface area contributed by atoms with Gasteiger partial charge in [-0.1, -0.05) is 17.8 Å². The molecule has 0 bridgehead atoms. The van der Waals surface area contributed by atoms with Gasteiger partial charge in [-0.15, -0.1) is 0 Å². The summed E-state index contributed by atoms with van der Waals surface area (Å²) in [6.07, 6.45) is 1.67. The van der Waals surface area contributed by atoms with Gasteiger partial charge in [0.25, 0.3) is 5.91 Å². The molecule has 2 aromatic rings. The fraction of sp³-hybridized carbons (Fsp3) is 0.200. The molecule has 1 N–H and O–H groups in total. The van der Waals surface area contributed by atoms with E-state index in [1.165, 1.54) is 30.0 Å². The summed E-state index contributed by atoms with van der Waals surface area (Å²) in [5.74, 6) is -0.299. The number of aromatic nitrogens is 1. The molecule has 0 aliphatic carbocycles. The van der Waals surface area contributed by atoms with Crippen molar-refractivity contribution >= 4 is 17.7 Å². The first-order chi connectivity index (χ1) is 9.61. The third-order valence-electron chi connectivity index (χ3n) is 2.90. The van der Waals surface area contributed by atoms with Crippen molar-refractivity contribution in [2.24, 2.45) is 0 Å². The SMILES string of the molecule is CONC(=O)c1cccnc1Sc1ccc(C)c(C)c1. The molecule has 0 unspecified atom stereocenters. The van der Waals surface area contributed by atoms with E-state index >= 15 is 0 Å². The van der Waals surface area contributed by atoms with Gasteiger partial charge >= 0.3 is 0 Å². The summed E-state index contributed by atoms with van der Waals surface area (Å²) in [7, 11) is 1.41. The highest BCUT2D eigenvalue weighted by atomic mass is 32.2. The average Bonchev–Trinajstić information content (AvgIpc) is 2.44. The zero-order chi connectivity index (χ0) is 14.5. The predicted molar refractivity (Wildman–Crippen MR) is 78.8 cm³/mol. The van der Waals surface area contributed by atoms with Crippen LogP contribution in [-0.2, 0) is 4.84 Å². The maximum Gasteiger partial charge on any atom is 0.277 e. The summed E-state index contributed by atoms with van der Waals surface area (Å²) in [6, 6.07) is 9.64. The van der Waals surface area contributed by atoms with Gasteiger partial charge in [0.05, 0.1) is 12.7 Å². The molecule has 1 aromatic heterocycles. The van der Waals surface area contributed by atoms with Crippen LogP contribution in [0.1, 0.15) is 21.5 Å². The van der Waals surface area contributed by atoms with Crippen LogP contribution < -0.4 is 5.48 Å². The van der Waals surface area contributed by atoms with Gasteiger partial charge in [-0.3, -0.25) is 9.63 Å². The Balaban J connectivity index is 2.29. The molecule has 104 valence electrons. The molecule has 1 heterocycles. The van der Waals surface area contributed by atoms with E-state index in [0.29, 0.717) is 10.6 Å². The van der Waals surface area contributed by atoms with Crippen molar-refractivity contribution in [3.63, 3.8) is 0 Å². The Labute approximate surface area is 122 Å². The van der Waals surface area contributed by atoms with E-state index in [-0.39, 0.29) is 5.91 Å². The van der Waals surface area contributed by atoms with Crippen LogP contribution >= 0.6 is 11.8 Å². The summed E-state index contributed by atoms with van der Waals surface area (Å²) in [5, 5.41) is 0.658. The molecule has 0 atom stereocenters. The van der Waals surface area contributed by atoms with Gasteiger partial charge in [0.1, 0.15) is 5.03 Å². The van der Waals surface area contributed by atoms with E-state index < -0.39 is 0 Å². The quantitative estimate of drug-likeness (QED) is 0.878. The number of nitrogens with zero attached hydrogens (tertiary/aromatic N) is 1. The lowest BCUT2D eigenvalue weighted by Crippen LogP contribution is -2.22. The van der Waals surface area contributed by atoms with Gasteiger partial charge in [-0.2, -0.15) is 0 Å². The van der Waals surface area contributed by atoms with Crippen LogP contribution in [0.2, 0.25) is 0 Å². The summed E-state index contributed by atoms with van der Waals surface area (Å²) in [5.41, 5.74) is 5.27. The molecular weight excluding hydrogens is 272 g/mol. The Bertz CT molecular complexity index is 629. The number of pyridine rings is 1. The van der Waals surface area contributed by atoms with Crippen molar-refractivity contribution < 1.29 is 9.63 Å². The fourth-order valence-corrected chi connectivity index (χ4v) is 2.66. The van der Waals surface area contributed by atoms with E-state index in [4.69, 9.17) is 0 Å². The molecule has 0 aliphatic rings. The van der Waals surface area contributed by atoms with E-state index in [1.54, 1.807) is 18.3 Å². The molecule has 1 amide bonds. The van der Waals surface area contributed by atoms with Gasteiger partial charge in [0.15, 0.2) is 0 Å². The topological polar surface area (TPSA) is 51.2 Å². The third kappa shape index (κ3) is 3.37. The van der Waals surface area contributed by atoms with E-state index in [1.807, 2.05) is 6.07 Å². The van der Waals surface area contributed by atoms with Gasteiger partial charge in [0, 0.05) is 11.1 Å². The number of carbonyl (C=O) groups excluding carboxylic acids is 1. The second-order valence-electron chi connectivity index (χ2n) is 4.34. The molecule has 0 aliphatic heterocycles. The first kappa shape index (κ1) is 14.6. The van der Waals surface area contributed by atoms with Crippen LogP contribution in [0, 0.1) is 13.8 Å². The monoisotopic (exact) mass is 288 g/mol. The van der Waals surface area contributed by atoms with Crippen LogP contribution in [-0.4, -0.2) is 18.0 Å². The second kappa shape index (κ2) is 6.54. The summed E-state index contributed by atoms with van der Waals surface area (Å²) in [6.45, 7) is 4.14. The average molecular weight is 288 g/mol. The number of aryl methyl sites for hydroxylation is 2. The smallest absolute Gasteiger partial charge is 0.277 e. The molecular formula is C15H16N2O2S. The first-order valence-corrected chi connectivity index (χ1v) is 6.97. The Morgan fingerprint density at radius 3 is 2.75 bits per heavy atom. The highest BCUT2D eigenvalue weighted by molar-refractivity contribution is 7.99. The van der Waals surface area contributed by atoms with Gasteiger partial charge in [0.2, 0.25) is 0 Å². The van der Waals surface area contributed by atoms with Crippen molar-refractivity contribution in [3.05, 3.63) is 53.2 Å². The minimum Gasteiger partial charge on any atom is -0.277 e. The molecule has 0 radical (unpaired) electrons. The number of amides is 1. The third-order valence-corrected chi connectivity index (χ3v) is 3.91. The van der Waals surface area contributed by atoms with Crippen molar-refractivity contribution in [2.45, 2.75) is 23.8 Å². The van der Waals surface area contributed by atoms with Gasteiger partial charge < -0.3 is 0 Å². The Morgan fingerprint density at radius 2 is 2.05 bits per heavy atom. The van der Waals surface area contributed by atoms with Crippen LogP contribution in [0.4, 0.5) is 0 Å². The molecule has 0 saturated heterocycles. The highest BCUT2D eigenvalue weighted by Gasteiger charge is 2.13. The van der Waals surface area contributed by atoms with Crippen molar-refractivity contribution in [1.29, 1.82) is 0 Å². The predicted octanol–water partition coefficient (Wildman–Crippen LogP) is 3.14. The molecule has 1 aromatic carbocycles. The minimum atomic E-state index is -0.299. The molecule has 0 spiro atoms. The number of carbonyl (C=O) groups is 1. The van der Waals surface area contributed by atoms with Crippen molar-refractivity contribution in [3.8, 4) is 0 Å². The van der Waals surface area contributed by atoms with Crippen LogP contribution in [0.3, 0.4) is 0 Å². The number of hydrogen-bond donors (Lipinski definition) is 1. The van der Waals surface area contributed by atoms with Crippen LogP contribution in [0.5, 0.6) is 0 Å². The lowest BCUT2D eigenvalue weighted by Gasteiger charge is -2.08. The van der Waals surface area contributed by atoms with Crippen molar-refractivity contribution in [2.75, 3.05) is 7.11 Å². The lowest BCUT2D eigenvalue weighted by molar-refractivity contribution is 0.0534. The summed E-state index contributed by atoms with van der Waals surface area (Å²) >= 11 is 1.46. The molecule has 0 saturated carbocycles. The number of hydrogen-bond acceptors (Lipinski definition) is 4. The largest absolute Gasteiger partial charge is 0.277 e. The summed E-state index contributed by atoms with van der Waals surface area (Å²) in [4.78, 5) is 21.9. The standard InChI is InChI=1S/C15H16N2O2S/c1-10-6-7-12(9-11(10)2)20-15-13(5-4-8-16-15)14(18)17-19-3/h4-9H,1-3H3,(H,17,18). The maximum absolute atomic E-state index is 11.9. The minimum absolute atomic E-state index is 0.299. The molecule has 4 nitrogen and oxygen atoms in total. The van der Waals surface area contributed by atoms with E-state index in [0.717, 1.165) is 4.90 Å². The molecule has 0 fully saturated rings. The highest BCUT2D eigenvalue weighted by Crippen LogP contribution is 2.29. The Hall–Kier alpha value is -1.85. The van der Waals surface area contributed by atoms with E-state index in [9.17, 15) is 4.79 Å². The normalized spacial score (nSPS) is 10.3. The van der Waals surface area contributed by atoms with Gasteiger partial charge in [-0.25, -0.2) is 10.5 Å². The lowest BCUT2D eigenvalue weighted by atomic mass is 10.1. The number of nitrogens with one attached hydrogen (secondary N) is 1. The number of benzene rings is 1. The molecule has 20 heavy (non-hydrogen) atoms. The fourth-order valence-electron chi connectivity index (χ4n) is 1.68. The summed E-state index contributed by atoms with van der Waals surface area (Å²) < 4.78 is 0. The van der Waals surface area contributed by atoms with Crippen molar-refractivity contribution in [1.82, 2.24) is 10.5 Å². The second-order valence-corrected chi connectivity index (χ2v) is 5.40. The molecule has 5 heteroatoms. The molecule has 2 rings (SSSR count). The van der Waals surface area contributed by atoms with E-state index in [2.05, 4.69) is 41.3 Å². The van der Waals surface area contributed by atoms with Crippen LogP contribution in [0.15, 0.2) is 46.5 Å². The number of rotatable bonds is 4. The maximum atomic E-state index is 11.9. The Morgan fingerprint density at radius 1 is 1.25 bits per heavy atom. The number of hydroxylamine groups is 1. The zero-order valence-corrected chi connectivity index (χ0v) is 12.5. The Kier molecular flexibility index (Phi) is 4.76. The van der Waals surface area contributed by atoms with Gasteiger partial charge in [-0.05, 0) is 49.2 Å². The van der Waals surface area contributed by atoms with Crippen LogP contribution in [0.25, 0.3) is 0 Å².